The molecule has 26 heavy (non-hydrogen) atoms. The van der Waals surface area contributed by atoms with E-state index in [9.17, 15) is 9.59 Å². The number of Topliss-reactive ketones (excluding diaryl/α,β-unsaturated/α-hetero) is 1. The molecule has 138 valence electrons. The molecule has 0 amide bonds. The Morgan fingerprint density at radius 1 is 1.04 bits per heavy atom. The van der Waals surface area contributed by atoms with Crippen molar-refractivity contribution in [2.75, 3.05) is 7.11 Å². The summed E-state index contributed by atoms with van der Waals surface area (Å²) in [5.74, 6) is 0.373. The van der Waals surface area contributed by atoms with Gasteiger partial charge >= 0.3 is 5.97 Å². The van der Waals surface area contributed by atoms with E-state index < -0.39 is 5.79 Å². The van der Waals surface area contributed by atoms with E-state index in [0.29, 0.717) is 25.0 Å². The highest BCUT2D eigenvalue weighted by atomic mass is 16.7. The lowest BCUT2D eigenvalue weighted by atomic mass is 9.84. The molecule has 0 unspecified atom stereocenters. The summed E-state index contributed by atoms with van der Waals surface area (Å²) in [6, 6.07) is 7.79. The monoisotopic (exact) mass is 356 g/mol. The van der Waals surface area contributed by atoms with Crippen molar-refractivity contribution in [3.8, 4) is 5.75 Å². The fraction of sp³-hybridized carbons (Fsp3) is 0.429. The molecule has 0 radical (unpaired) electrons. The molecule has 5 nitrogen and oxygen atoms in total. The number of rotatable bonds is 5. The van der Waals surface area contributed by atoms with E-state index in [2.05, 4.69) is 0 Å². The first-order valence-corrected chi connectivity index (χ1v) is 8.86. The number of carbonyl (C=O) groups excluding carboxylic acids is 2. The molecule has 3 rings (SSSR count). The second kappa shape index (κ2) is 7.36. The van der Waals surface area contributed by atoms with Crippen molar-refractivity contribution >= 4 is 17.3 Å². The third-order valence-corrected chi connectivity index (χ3v) is 4.62. The molecule has 0 bridgehead atoms. The van der Waals surface area contributed by atoms with E-state index in [4.69, 9.17) is 14.2 Å². The van der Waals surface area contributed by atoms with Gasteiger partial charge in [-0.3, -0.25) is 4.79 Å². The quantitative estimate of drug-likeness (QED) is 0.741. The van der Waals surface area contributed by atoms with Crippen molar-refractivity contribution in [1.29, 1.82) is 0 Å². The molecule has 0 saturated heterocycles. The van der Waals surface area contributed by atoms with Gasteiger partial charge in [-0.2, -0.15) is 0 Å². The third-order valence-electron chi connectivity index (χ3n) is 4.62. The number of carbonyl (C=O) groups is 2. The minimum Gasteiger partial charge on any atom is -0.497 e. The van der Waals surface area contributed by atoms with E-state index in [1.165, 1.54) is 11.6 Å². The van der Waals surface area contributed by atoms with E-state index in [0.717, 1.165) is 29.7 Å². The lowest BCUT2D eigenvalue weighted by Gasteiger charge is -2.31. The van der Waals surface area contributed by atoms with Crippen LogP contribution in [0.1, 0.15) is 51.5 Å². The topological polar surface area (TPSA) is 61.8 Å². The molecule has 0 N–H and O–H groups in total. The van der Waals surface area contributed by atoms with Gasteiger partial charge in [-0.05, 0) is 36.1 Å². The number of cyclic esters (lactones) is 1. The molecule has 2 aliphatic rings. The Morgan fingerprint density at radius 3 is 2.42 bits per heavy atom. The van der Waals surface area contributed by atoms with Crippen LogP contribution >= 0.6 is 0 Å². The molecule has 0 saturated carbocycles. The summed E-state index contributed by atoms with van der Waals surface area (Å²) in [6.07, 6.45) is 4.55. The van der Waals surface area contributed by atoms with E-state index >= 15 is 0 Å². The molecule has 1 aromatic rings. The highest BCUT2D eigenvalue weighted by molar-refractivity contribution is 5.93. The average molecular weight is 356 g/mol. The Bertz CT molecular complexity index is 768. The second-order valence-corrected chi connectivity index (χ2v) is 7.06. The first-order valence-electron chi connectivity index (χ1n) is 8.86. The first kappa shape index (κ1) is 18.2. The summed E-state index contributed by atoms with van der Waals surface area (Å²) in [5.41, 5.74) is 3.38. The van der Waals surface area contributed by atoms with Gasteiger partial charge in [-0.15, -0.1) is 0 Å². The van der Waals surface area contributed by atoms with Gasteiger partial charge in [0.1, 0.15) is 17.3 Å². The molecule has 1 aliphatic carbocycles. The van der Waals surface area contributed by atoms with Crippen LogP contribution in [0, 0.1) is 0 Å². The smallest absolute Gasteiger partial charge is 0.337 e. The fourth-order valence-electron chi connectivity index (χ4n) is 3.39. The predicted octanol–water partition coefficient (Wildman–Crippen LogP) is 4.18. The molecular formula is C21H24O5. The molecule has 1 heterocycles. The number of hydrogen-bond donors (Lipinski definition) is 0. The van der Waals surface area contributed by atoms with E-state index in [1.807, 2.05) is 24.3 Å². The number of ketones is 1. The van der Waals surface area contributed by atoms with Crippen molar-refractivity contribution in [1.82, 2.24) is 0 Å². The maximum absolute atomic E-state index is 12.0. The number of benzene rings is 1. The fourth-order valence-corrected chi connectivity index (χ4v) is 3.39. The van der Waals surface area contributed by atoms with E-state index in [1.54, 1.807) is 21.0 Å². The van der Waals surface area contributed by atoms with Crippen LogP contribution in [0.4, 0.5) is 0 Å². The Hall–Kier alpha value is -2.56. The number of allylic oxidation sites excluding steroid dienone is 3. The predicted molar refractivity (Wildman–Crippen MR) is 97.3 cm³/mol. The molecule has 0 aromatic heterocycles. The number of ether oxygens (including phenoxy) is 3. The standard InChI is InChI=1S/C21H24O5/c1-21(2)25-18(13-20(23)26-21)11-7-14-4-8-16(22)12-19(14)15-5-9-17(24-3)10-6-15/h5-6,9-10,13H,4,7-8,11-12H2,1-3H3. The van der Waals surface area contributed by atoms with Gasteiger partial charge in [0.05, 0.1) is 13.2 Å². The molecule has 1 aromatic carbocycles. The zero-order chi connectivity index (χ0) is 18.7. The molecule has 0 spiro atoms. The lowest BCUT2D eigenvalue weighted by molar-refractivity contribution is -0.205. The Kier molecular flexibility index (Phi) is 5.16. The number of methoxy groups -OCH3 is 1. The lowest BCUT2D eigenvalue weighted by Crippen LogP contribution is -2.34. The minimum absolute atomic E-state index is 0.261. The van der Waals surface area contributed by atoms with Crippen molar-refractivity contribution in [3.63, 3.8) is 0 Å². The summed E-state index contributed by atoms with van der Waals surface area (Å²) < 4.78 is 16.1. The minimum atomic E-state index is -0.934. The van der Waals surface area contributed by atoms with Gasteiger partial charge < -0.3 is 14.2 Å². The van der Waals surface area contributed by atoms with Gasteiger partial charge in [-0.1, -0.05) is 17.7 Å². The van der Waals surface area contributed by atoms with Crippen molar-refractivity contribution in [2.45, 2.75) is 51.7 Å². The highest BCUT2D eigenvalue weighted by Gasteiger charge is 2.30. The Balaban J connectivity index is 1.80. The second-order valence-electron chi connectivity index (χ2n) is 7.06. The van der Waals surface area contributed by atoms with Crippen molar-refractivity contribution in [2.24, 2.45) is 0 Å². The number of hydrogen-bond acceptors (Lipinski definition) is 5. The van der Waals surface area contributed by atoms with Crippen LogP contribution in [0.3, 0.4) is 0 Å². The molecular weight excluding hydrogens is 332 g/mol. The largest absolute Gasteiger partial charge is 0.497 e. The highest BCUT2D eigenvalue weighted by Crippen LogP contribution is 2.35. The van der Waals surface area contributed by atoms with Crippen LogP contribution in [0.25, 0.3) is 5.57 Å². The molecule has 5 heteroatoms. The van der Waals surface area contributed by atoms with Gasteiger partial charge in [0.2, 0.25) is 5.79 Å². The van der Waals surface area contributed by atoms with Gasteiger partial charge in [0.15, 0.2) is 0 Å². The molecule has 0 fully saturated rings. The van der Waals surface area contributed by atoms with Crippen LogP contribution in [0.2, 0.25) is 0 Å². The first-order chi connectivity index (χ1) is 12.4. The normalized spacial score (nSPS) is 19.6. The van der Waals surface area contributed by atoms with Gasteiger partial charge in [0.25, 0.3) is 0 Å². The summed E-state index contributed by atoms with van der Waals surface area (Å²) in [5, 5.41) is 0. The SMILES string of the molecule is COc1ccc(C2=C(CCC3=CC(=O)OC(C)(C)O3)CCC(=O)C2)cc1. The molecule has 1 aliphatic heterocycles. The number of esters is 1. The van der Waals surface area contributed by atoms with Crippen LogP contribution < -0.4 is 4.74 Å². The van der Waals surface area contributed by atoms with Crippen molar-refractivity contribution < 1.29 is 23.8 Å². The Morgan fingerprint density at radius 2 is 1.77 bits per heavy atom. The third kappa shape index (κ3) is 4.34. The maximum Gasteiger partial charge on any atom is 0.337 e. The van der Waals surface area contributed by atoms with Gasteiger partial charge in [0, 0.05) is 33.1 Å². The maximum atomic E-state index is 12.0. The zero-order valence-electron chi connectivity index (χ0n) is 15.5. The summed E-state index contributed by atoms with van der Waals surface area (Å²) in [6.45, 7) is 3.44. The van der Waals surface area contributed by atoms with Crippen molar-refractivity contribution in [3.05, 3.63) is 47.2 Å². The van der Waals surface area contributed by atoms with E-state index in [-0.39, 0.29) is 11.8 Å². The van der Waals surface area contributed by atoms with Crippen LogP contribution in [-0.4, -0.2) is 24.6 Å². The Labute approximate surface area is 153 Å². The van der Waals surface area contributed by atoms with Crippen LogP contribution in [0.5, 0.6) is 5.75 Å². The summed E-state index contributed by atoms with van der Waals surface area (Å²) in [7, 11) is 1.63. The summed E-state index contributed by atoms with van der Waals surface area (Å²) in [4.78, 5) is 23.7. The average Bonchev–Trinajstić information content (AvgIpc) is 2.59. The molecule has 0 atom stereocenters. The zero-order valence-corrected chi connectivity index (χ0v) is 15.5. The van der Waals surface area contributed by atoms with Crippen LogP contribution in [-0.2, 0) is 19.1 Å². The van der Waals surface area contributed by atoms with Gasteiger partial charge in [-0.25, -0.2) is 4.79 Å². The van der Waals surface area contributed by atoms with Crippen LogP contribution in [0.15, 0.2) is 41.7 Å². The summed E-state index contributed by atoms with van der Waals surface area (Å²) >= 11 is 0.